The van der Waals surface area contributed by atoms with Crippen LogP contribution in [-0.4, -0.2) is 0 Å². The lowest BCUT2D eigenvalue weighted by Gasteiger charge is -2.00. The molecule has 0 saturated heterocycles. The van der Waals surface area contributed by atoms with E-state index in [4.69, 9.17) is 16.9 Å². The molecule has 0 N–H and O–H groups in total. The van der Waals surface area contributed by atoms with Gasteiger partial charge >= 0.3 is 0 Å². The Morgan fingerprint density at radius 2 is 2.07 bits per heavy atom. The van der Waals surface area contributed by atoms with Crippen LogP contribution in [0.1, 0.15) is 25.3 Å². The smallest absolute Gasteiger partial charge is 0.0625 e. The number of hydrogen-bond acceptors (Lipinski definition) is 1. The minimum Gasteiger partial charge on any atom is -0.198 e. The number of unbranched alkanes of at least 4 members (excludes halogenated alkanes) is 1. The molecule has 1 aromatic carbocycles. The molecule has 0 atom stereocenters. The molecule has 0 bridgehead atoms. The second kappa shape index (κ2) is 5.47. The van der Waals surface area contributed by atoms with Crippen LogP contribution in [0, 0.1) is 11.3 Å². The molecule has 2 heteroatoms. The van der Waals surface area contributed by atoms with Crippen molar-refractivity contribution in [2.24, 2.45) is 0 Å². The fourth-order valence-corrected chi connectivity index (χ4v) is 1.31. The van der Waals surface area contributed by atoms with Gasteiger partial charge in [0.1, 0.15) is 0 Å². The molecule has 0 fully saturated rings. The molecule has 1 nitrogen and oxygen atoms in total. The fraction of sp³-hybridized carbons (Fsp3) is 0.250. The first-order valence-corrected chi connectivity index (χ1v) is 4.91. The SMILES string of the molecule is C/C(=C/CCC#N)c1ccc(Cl)cc1. The number of benzene rings is 1. The van der Waals surface area contributed by atoms with Gasteiger partial charge in [0, 0.05) is 11.4 Å². The Bertz CT molecular complexity index is 357. The fourth-order valence-electron chi connectivity index (χ4n) is 1.18. The Morgan fingerprint density at radius 3 is 2.64 bits per heavy atom. The van der Waals surface area contributed by atoms with E-state index in [1.807, 2.05) is 31.2 Å². The van der Waals surface area contributed by atoms with E-state index < -0.39 is 0 Å². The minimum absolute atomic E-state index is 0.574. The molecule has 0 aliphatic rings. The highest BCUT2D eigenvalue weighted by molar-refractivity contribution is 6.30. The van der Waals surface area contributed by atoms with E-state index in [0.29, 0.717) is 6.42 Å². The lowest BCUT2D eigenvalue weighted by molar-refractivity contribution is 1.06. The zero-order valence-electron chi connectivity index (χ0n) is 8.13. The van der Waals surface area contributed by atoms with Crippen molar-refractivity contribution < 1.29 is 0 Å². The monoisotopic (exact) mass is 205 g/mol. The summed E-state index contributed by atoms with van der Waals surface area (Å²) in [4.78, 5) is 0. The molecule has 0 unspecified atom stereocenters. The van der Waals surface area contributed by atoms with Gasteiger partial charge in [-0.2, -0.15) is 5.26 Å². The highest BCUT2D eigenvalue weighted by Crippen LogP contribution is 2.17. The van der Waals surface area contributed by atoms with E-state index in [-0.39, 0.29) is 0 Å². The summed E-state index contributed by atoms with van der Waals surface area (Å²) in [5.74, 6) is 0. The summed E-state index contributed by atoms with van der Waals surface area (Å²) in [7, 11) is 0. The molecule has 0 heterocycles. The molecule has 1 aromatic rings. The normalized spacial score (nSPS) is 11.1. The third-order valence-corrected chi connectivity index (χ3v) is 2.26. The first kappa shape index (κ1) is 10.8. The van der Waals surface area contributed by atoms with Gasteiger partial charge in [-0.05, 0) is 36.6 Å². The number of nitriles is 1. The minimum atomic E-state index is 0.574. The molecule has 0 radical (unpaired) electrons. The number of nitrogens with zero attached hydrogens (tertiary/aromatic N) is 1. The van der Waals surface area contributed by atoms with Crippen molar-refractivity contribution in [3.63, 3.8) is 0 Å². The summed E-state index contributed by atoms with van der Waals surface area (Å²) in [6.45, 7) is 2.04. The number of hydrogen-bond donors (Lipinski definition) is 0. The number of allylic oxidation sites excluding steroid dienone is 2. The van der Waals surface area contributed by atoms with Crippen LogP contribution in [0.5, 0.6) is 0 Å². The van der Waals surface area contributed by atoms with Crippen LogP contribution in [0.3, 0.4) is 0 Å². The van der Waals surface area contributed by atoms with Crippen LogP contribution < -0.4 is 0 Å². The second-order valence-corrected chi connectivity index (χ2v) is 3.53. The van der Waals surface area contributed by atoms with Gasteiger partial charge in [0.25, 0.3) is 0 Å². The second-order valence-electron chi connectivity index (χ2n) is 3.09. The molecule has 0 aromatic heterocycles. The zero-order valence-corrected chi connectivity index (χ0v) is 8.88. The van der Waals surface area contributed by atoms with Gasteiger partial charge in [-0.3, -0.25) is 0 Å². The lowest BCUT2D eigenvalue weighted by Crippen LogP contribution is -1.78. The van der Waals surface area contributed by atoms with Gasteiger partial charge in [0.05, 0.1) is 6.07 Å². The third kappa shape index (κ3) is 3.24. The van der Waals surface area contributed by atoms with Crippen molar-refractivity contribution in [1.29, 1.82) is 5.26 Å². The maximum atomic E-state index is 8.39. The van der Waals surface area contributed by atoms with Crippen molar-refractivity contribution in [3.05, 3.63) is 40.9 Å². The molecule has 0 saturated carbocycles. The average Bonchev–Trinajstić information content (AvgIpc) is 2.19. The summed E-state index contributed by atoms with van der Waals surface area (Å²) in [5, 5.41) is 9.14. The van der Waals surface area contributed by atoms with Crippen molar-refractivity contribution in [3.8, 4) is 6.07 Å². The first-order chi connectivity index (χ1) is 6.74. The van der Waals surface area contributed by atoms with Crippen LogP contribution in [0.25, 0.3) is 5.57 Å². The highest BCUT2D eigenvalue weighted by Gasteiger charge is 1.94. The Morgan fingerprint density at radius 1 is 1.43 bits per heavy atom. The van der Waals surface area contributed by atoms with E-state index in [2.05, 4.69) is 12.1 Å². The lowest BCUT2D eigenvalue weighted by atomic mass is 10.1. The zero-order chi connectivity index (χ0) is 10.4. The Labute approximate surface area is 89.6 Å². The summed E-state index contributed by atoms with van der Waals surface area (Å²) >= 11 is 5.78. The maximum Gasteiger partial charge on any atom is 0.0625 e. The molecule has 0 aliphatic carbocycles. The van der Waals surface area contributed by atoms with Crippen LogP contribution in [0.2, 0.25) is 5.02 Å². The third-order valence-electron chi connectivity index (χ3n) is 2.01. The Kier molecular flexibility index (Phi) is 4.22. The van der Waals surface area contributed by atoms with Crippen LogP contribution in [0.15, 0.2) is 30.3 Å². The summed E-state index contributed by atoms with van der Waals surface area (Å²) in [6.07, 6.45) is 3.46. The molecule has 1 rings (SSSR count). The van der Waals surface area contributed by atoms with Crippen LogP contribution in [-0.2, 0) is 0 Å². The van der Waals surface area contributed by atoms with E-state index in [1.165, 1.54) is 5.57 Å². The van der Waals surface area contributed by atoms with Crippen LogP contribution >= 0.6 is 11.6 Å². The average molecular weight is 206 g/mol. The number of halogens is 1. The van der Waals surface area contributed by atoms with Gasteiger partial charge in [0.2, 0.25) is 0 Å². The molecule has 0 aliphatic heterocycles. The van der Waals surface area contributed by atoms with Crippen molar-refractivity contribution in [1.82, 2.24) is 0 Å². The molecule has 14 heavy (non-hydrogen) atoms. The molecule has 72 valence electrons. The van der Waals surface area contributed by atoms with Gasteiger partial charge in [-0.25, -0.2) is 0 Å². The summed E-state index contributed by atoms with van der Waals surface area (Å²) < 4.78 is 0. The summed E-state index contributed by atoms with van der Waals surface area (Å²) in [6, 6.07) is 9.84. The van der Waals surface area contributed by atoms with Gasteiger partial charge < -0.3 is 0 Å². The van der Waals surface area contributed by atoms with Crippen molar-refractivity contribution >= 4 is 17.2 Å². The molecular formula is C12H12ClN. The highest BCUT2D eigenvalue weighted by atomic mass is 35.5. The van der Waals surface area contributed by atoms with Gasteiger partial charge in [0.15, 0.2) is 0 Å². The molecule has 0 amide bonds. The Hall–Kier alpha value is -1.26. The molecular weight excluding hydrogens is 194 g/mol. The van der Waals surface area contributed by atoms with Crippen molar-refractivity contribution in [2.75, 3.05) is 0 Å². The number of rotatable bonds is 3. The van der Waals surface area contributed by atoms with E-state index in [1.54, 1.807) is 0 Å². The van der Waals surface area contributed by atoms with Crippen LogP contribution in [0.4, 0.5) is 0 Å². The van der Waals surface area contributed by atoms with E-state index in [0.717, 1.165) is 17.0 Å². The van der Waals surface area contributed by atoms with Gasteiger partial charge in [-0.15, -0.1) is 0 Å². The van der Waals surface area contributed by atoms with Crippen molar-refractivity contribution in [2.45, 2.75) is 19.8 Å². The maximum absolute atomic E-state index is 8.39. The standard InChI is InChI=1S/C12H12ClN/c1-10(4-2-3-9-14)11-5-7-12(13)8-6-11/h4-8H,2-3H2,1H3/b10-4-. The quantitative estimate of drug-likeness (QED) is 0.683. The largest absolute Gasteiger partial charge is 0.198 e. The Balaban J connectivity index is 2.70. The predicted molar refractivity (Wildman–Crippen MR) is 60.0 cm³/mol. The molecule has 0 spiro atoms. The van der Waals surface area contributed by atoms with Gasteiger partial charge in [-0.1, -0.05) is 29.8 Å². The summed E-state index contributed by atoms with van der Waals surface area (Å²) in [5.41, 5.74) is 2.35. The predicted octanol–water partition coefficient (Wildman–Crippen LogP) is 4.05. The van der Waals surface area contributed by atoms with E-state index in [9.17, 15) is 0 Å². The first-order valence-electron chi connectivity index (χ1n) is 4.53. The van der Waals surface area contributed by atoms with E-state index >= 15 is 0 Å². The topological polar surface area (TPSA) is 23.8 Å².